The number of rotatable bonds is 3. The van der Waals surface area contributed by atoms with E-state index in [0.717, 1.165) is 22.5 Å². The number of pyridine rings is 1. The lowest BCUT2D eigenvalue weighted by atomic mass is 10.2. The number of hydrogen-bond acceptors (Lipinski definition) is 3. The fourth-order valence-electron chi connectivity index (χ4n) is 1.59. The Morgan fingerprint density at radius 3 is 2.88 bits per heavy atom. The zero-order chi connectivity index (χ0) is 11.5. The van der Waals surface area contributed by atoms with Gasteiger partial charge >= 0.3 is 0 Å². The lowest BCUT2D eigenvalue weighted by Crippen LogP contribution is -2.17. The Labute approximate surface area is 103 Å². The average Bonchev–Trinajstić information content (AvgIpc) is 2.65. The van der Waals surface area contributed by atoms with E-state index in [1.807, 2.05) is 26.1 Å². The summed E-state index contributed by atoms with van der Waals surface area (Å²) in [4.78, 5) is 6.21. The van der Waals surface area contributed by atoms with Crippen LogP contribution in [0.1, 0.15) is 11.3 Å². The van der Waals surface area contributed by atoms with Crippen LogP contribution in [0.5, 0.6) is 0 Å². The third kappa shape index (κ3) is 2.27. The Balaban J connectivity index is 2.18. The number of aryl methyl sites for hydroxylation is 1. The Kier molecular flexibility index (Phi) is 3.29. The van der Waals surface area contributed by atoms with E-state index in [4.69, 9.17) is 4.42 Å². The van der Waals surface area contributed by atoms with Crippen molar-refractivity contribution in [3.05, 3.63) is 46.6 Å². The summed E-state index contributed by atoms with van der Waals surface area (Å²) in [5.74, 6) is 0.969. The summed E-state index contributed by atoms with van der Waals surface area (Å²) in [6, 6.07) is 3.99. The van der Waals surface area contributed by atoms with Gasteiger partial charge < -0.3 is 9.32 Å². The van der Waals surface area contributed by atoms with Gasteiger partial charge in [0, 0.05) is 31.5 Å². The summed E-state index contributed by atoms with van der Waals surface area (Å²) in [5.41, 5.74) is 2.32. The van der Waals surface area contributed by atoms with Crippen LogP contribution in [0, 0.1) is 6.92 Å². The largest absolute Gasteiger partial charge is 0.469 e. The molecule has 0 aliphatic rings. The molecule has 0 fully saturated rings. The van der Waals surface area contributed by atoms with Crippen molar-refractivity contribution >= 4 is 21.6 Å². The van der Waals surface area contributed by atoms with Crippen LogP contribution in [0.25, 0.3) is 0 Å². The van der Waals surface area contributed by atoms with Gasteiger partial charge in [-0.1, -0.05) is 0 Å². The number of halogens is 1. The molecule has 4 heteroatoms. The van der Waals surface area contributed by atoms with Crippen LogP contribution in [0.15, 0.2) is 39.7 Å². The Morgan fingerprint density at radius 1 is 1.44 bits per heavy atom. The molecule has 2 aromatic rings. The molecule has 0 aliphatic heterocycles. The van der Waals surface area contributed by atoms with Crippen LogP contribution in [-0.4, -0.2) is 12.0 Å². The second-order valence-corrected chi connectivity index (χ2v) is 4.54. The SMILES string of the molecule is Cc1occc1CN(C)c1ccncc1Br. The van der Waals surface area contributed by atoms with E-state index in [1.54, 1.807) is 18.7 Å². The zero-order valence-corrected chi connectivity index (χ0v) is 10.9. The molecule has 2 rings (SSSR count). The fraction of sp³-hybridized carbons (Fsp3) is 0.250. The molecule has 0 unspecified atom stereocenters. The summed E-state index contributed by atoms with van der Waals surface area (Å²) in [6.45, 7) is 2.80. The molecule has 0 spiro atoms. The first-order valence-corrected chi connectivity index (χ1v) is 5.81. The summed E-state index contributed by atoms with van der Waals surface area (Å²) in [6.07, 6.45) is 5.31. The molecule has 0 bridgehead atoms. The van der Waals surface area contributed by atoms with Gasteiger partial charge in [0.25, 0.3) is 0 Å². The second-order valence-electron chi connectivity index (χ2n) is 3.69. The summed E-state index contributed by atoms with van der Waals surface area (Å²) in [7, 11) is 2.05. The molecular weight excluding hydrogens is 268 g/mol. The highest BCUT2D eigenvalue weighted by atomic mass is 79.9. The van der Waals surface area contributed by atoms with Gasteiger partial charge in [-0.3, -0.25) is 4.98 Å². The highest BCUT2D eigenvalue weighted by Gasteiger charge is 2.08. The van der Waals surface area contributed by atoms with Crippen molar-refractivity contribution in [1.82, 2.24) is 4.98 Å². The third-order valence-corrected chi connectivity index (χ3v) is 3.15. The molecule has 3 nitrogen and oxygen atoms in total. The van der Waals surface area contributed by atoms with Crippen molar-refractivity contribution in [2.24, 2.45) is 0 Å². The standard InChI is InChI=1S/C12H13BrN2O/c1-9-10(4-6-16-9)8-15(2)12-3-5-14-7-11(12)13/h3-7H,8H2,1-2H3. The van der Waals surface area contributed by atoms with Gasteiger partial charge in [-0.25, -0.2) is 0 Å². The van der Waals surface area contributed by atoms with Crippen LogP contribution in [0.4, 0.5) is 5.69 Å². The van der Waals surface area contributed by atoms with Gasteiger partial charge in [0.2, 0.25) is 0 Å². The molecule has 84 valence electrons. The molecule has 2 heterocycles. The highest BCUT2D eigenvalue weighted by molar-refractivity contribution is 9.10. The van der Waals surface area contributed by atoms with Crippen molar-refractivity contribution in [1.29, 1.82) is 0 Å². The smallest absolute Gasteiger partial charge is 0.105 e. The van der Waals surface area contributed by atoms with Crippen LogP contribution in [0.3, 0.4) is 0 Å². The van der Waals surface area contributed by atoms with E-state index in [2.05, 4.69) is 25.8 Å². The third-order valence-electron chi connectivity index (χ3n) is 2.54. The normalized spacial score (nSPS) is 10.4. The maximum atomic E-state index is 5.28. The first-order chi connectivity index (χ1) is 7.68. The van der Waals surface area contributed by atoms with E-state index < -0.39 is 0 Å². The average molecular weight is 281 g/mol. The molecule has 0 amide bonds. The first kappa shape index (κ1) is 11.2. The maximum absolute atomic E-state index is 5.28. The maximum Gasteiger partial charge on any atom is 0.105 e. The van der Waals surface area contributed by atoms with Crippen molar-refractivity contribution < 1.29 is 4.42 Å². The van der Waals surface area contributed by atoms with Gasteiger partial charge in [-0.2, -0.15) is 0 Å². The molecule has 2 aromatic heterocycles. The Morgan fingerprint density at radius 2 is 2.25 bits per heavy atom. The number of nitrogens with zero attached hydrogens (tertiary/aromatic N) is 2. The molecule has 0 aromatic carbocycles. The second kappa shape index (κ2) is 4.70. The van der Waals surface area contributed by atoms with E-state index >= 15 is 0 Å². The summed E-state index contributed by atoms with van der Waals surface area (Å²) >= 11 is 3.49. The van der Waals surface area contributed by atoms with Crippen LogP contribution in [-0.2, 0) is 6.54 Å². The van der Waals surface area contributed by atoms with Gasteiger partial charge in [-0.15, -0.1) is 0 Å². The van der Waals surface area contributed by atoms with Crippen molar-refractivity contribution in [2.45, 2.75) is 13.5 Å². The van der Waals surface area contributed by atoms with E-state index in [0.29, 0.717) is 0 Å². The highest BCUT2D eigenvalue weighted by Crippen LogP contribution is 2.25. The van der Waals surface area contributed by atoms with Crippen LogP contribution in [0.2, 0.25) is 0 Å². The molecular formula is C12H13BrN2O. The van der Waals surface area contributed by atoms with Gasteiger partial charge in [0.1, 0.15) is 5.76 Å². The van der Waals surface area contributed by atoms with E-state index in [1.165, 1.54) is 5.56 Å². The monoisotopic (exact) mass is 280 g/mol. The Hall–Kier alpha value is -1.29. The fourth-order valence-corrected chi connectivity index (χ4v) is 2.15. The molecule has 0 aliphatic carbocycles. The summed E-state index contributed by atoms with van der Waals surface area (Å²) < 4.78 is 6.28. The molecule has 16 heavy (non-hydrogen) atoms. The minimum absolute atomic E-state index is 0.824. The number of furan rings is 1. The number of aromatic nitrogens is 1. The van der Waals surface area contributed by atoms with Gasteiger partial charge in [0.05, 0.1) is 16.4 Å². The van der Waals surface area contributed by atoms with E-state index in [9.17, 15) is 0 Å². The Bertz CT molecular complexity index is 481. The first-order valence-electron chi connectivity index (χ1n) is 5.02. The van der Waals surface area contributed by atoms with Crippen molar-refractivity contribution in [2.75, 3.05) is 11.9 Å². The predicted molar refractivity (Wildman–Crippen MR) is 67.5 cm³/mol. The minimum atomic E-state index is 0.824. The molecule has 0 atom stereocenters. The quantitative estimate of drug-likeness (QED) is 0.863. The minimum Gasteiger partial charge on any atom is -0.469 e. The lowest BCUT2D eigenvalue weighted by Gasteiger charge is -2.19. The number of anilines is 1. The molecule has 0 saturated heterocycles. The molecule has 0 N–H and O–H groups in total. The van der Waals surface area contributed by atoms with Crippen molar-refractivity contribution in [3.63, 3.8) is 0 Å². The van der Waals surface area contributed by atoms with E-state index in [-0.39, 0.29) is 0 Å². The van der Waals surface area contributed by atoms with Gasteiger partial charge in [-0.05, 0) is 35.0 Å². The molecule has 0 radical (unpaired) electrons. The molecule has 0 saturated carbocycles. The summed E-state index contributed by atoms with van der Waals surface area (Å²) in [5, 5.41) is 0. The predicted octanol–water partition coefficient (Wildman–Crippen LogP) is 3.38. The van der Waals surface area contributed by atoms with Crippen LogP contribution < -0.4 is 4.90 Å². The van der Waals surface area contributed by atoms with Gasteiger partial charge in [0.15, 0.2) is 0 Å². The van der Waals surface area contributed by atoms with Crippen molar-refractivity contribution in [3.8, 4) is 0 Å². The van der Waals surface area contributed by atoms with Crippen LogP contribution >= 0.6 is 15.9 Å². The lowest BCUT2D eigenvalue weighted by molar-refractivity contribution is 0.529. The topological polar surface area (TPSA) is 29.3 Å². The number of hydrogen-bond donors (Lipinski definition) is 0. The zero-order valence-electron chi connectivity index (χ0n) is 9.27.